The average Bonchev–Trinajstić information content (AvgIpc) is 2.53. The van der Waals surface area contributed by atoms with Gasteiger partial charge in [-0.2, -0.15) is 4.37 Å². The van der Waals surface area contributed by atoms with Gasteiger partial charge in [-0.1, -0.05) is 0 Å². The van der Waals surface area contributed by atoms with Gasteiger partial charge in [0.15, 0.2) is 0 Å². The lowest BCUT2D eigenvalue weighted by Crippen LogP contribution is -2.16. The van der Waals surface area contributed by atoms with Crippen LogP contribution in [-0.2, 0) is 9.53 Å². The monoisotopic (exact) mass is 186 g/mol. The van der Waals surface area contributed by atoms with Crippen LogP contribution in [0.25, 0.3) is 0 Å². The largest absolute Gasteiger partial charge is 0.465 e. The van der Waals surface area contributed by atoms with Gasteiger partial charge in [0.05, 0.1) is 6.61 Å². The summed E-state index contributed by atoms with van der Waals surface area (Å²) < 4.78 is 8.69. The Balaban J connectivity index is 2.22. The summed E-state index contributed by atoms with van der Waals surface area (Å²) in [7, 11) is 0. The van der Waals surface area contributed by atoms with Crippen molar-refractivity contribution in [3.05, 3.63) is 11.4 Å². The van der Waals surface area contributed by atoms with Crippen LogP contribution >= 0.6 is 11.5 Å². The molecule has 0 aliphatic carbocycles. The number of esters is 1. The van der Waals surface area contributed by atoms with E-state index in [4.69, 9.17) is 4.74 Å². The summed E-state index contributed by atoms with van der Waals surface area (Å²) >= 11 is 1.34. The minimum Gasteiger partial charge on any atom is -0.465 e. The predicted molar refractivity (Wildman–Crippen MR) is 47.2 cm³/mol. The van der Waals surface area contributed by atoms with E-state index in [1.165, 1.54) is 11.5 Å². The summed E-state index contributed by atoms with van der Waals surface area (Å²) in [6, 6.07) is 1.81. The van der Waals surface area contributed by atoms with E-state index in [-0.39, 0.29) is 12.5 Å². The molecule has 0 saturated heterocycles. The maximum Gasteiger partial charge on any atom is 0.325 e. The number of rotatable bonds is 4. The van der Waals surface area contributed by atoms with Crippen molar-refractivity contribution in [3.8, 4) is 0 Å². The second-order valence-electron chi connectivity index (χ2n) is 2.04. The van der Waals surface area contributed by atoms with Crippen molar-refractivity contribution in [2.24, 2.45) is 0 Å². The number of carbonyl (C=O) groups excluding carboxylic acids is 1. The fourth-order valence-electron chi connectivity index (χ4n) is 0.678. The number of hydrogen-bond donors (Lipinski definition) is 1. The third-order valence-corrected chi connectivity index (χ3v) is 1.72. The third kappa shape index (κ3) is 2.87. The van der Waals surface area contributed by atoms with Gasteiger partial charge in [-0.05, 0) is 24.5 Å². The number of aromatic nitrogens is 1. The van der Waals surface area contributed by atoms with Crippen LogP contribution in [0.2, 0.25) is 0 Å². The Bertz CT molecular complexity index is 236. The first kappa shape index (κ1) is 8.99. The number of carbonyl (C=O) groups is 1. The molecule has 0 aliphatic heterocycles. The number of nitrogens with one attached hydrogen (secondary N) is 1. The number of anilines is 1. The van der Waals surface area contributed by atoms with Crippen LogP contribution in [0.1, 0.15) is 6.92 Å². The Labute approximate surface area is 74.7 Å². The molecule has 1 aromatic heterocycles. The van der Waals surface area contributed by atoms with E-state index in [9.17, 15) is 4.79 Å². The summed E-state index contributed by atoms with van der Waals surface area (Å²) in [5.74, 6) is 0.457. The first-order valence-corrected chi connectivity index (χ1v) is 4.46. The fourth-order valence-corrected chi connectivity index (χ4v) is 1.17. The molecule has 0 atom stereocenters. The smallest absolute Gasteiger partial charge is 0.325 e. The van der Waals surface area contributed by atoms with E-state index in [0.717, 1.165) is 0 Å². The number of nitrogens with zero attached hydrogens (tertiary/aromatic N) is 1. The third-order valence-electron chi connectivity index (χ3n) is 1.16. The zero-order chi connectivity index (χ0) is 8.81. The van der Waals surface area contributed by atoms with Gasteiger partial charge < -0.3 is 10.1 Å². The molecule has 12 heavy (non-hydrogen) atoms. The molecule has 0 unspecified atom stereocenters. The van der Waals surface area contributed by atoms with Crippen molar-refractivity contribution in [2.75, 3.05) is 18.5 Å². The predicted octanol–water partition coefficient (Wildman–Crippen LogP) is 1.12. The molecule has 4 nitrogen and oxygen atoms in total. The lowest BCUT2D eigenvalue weighted by atomic mass is 10.6. The molecule has 5 heteroatoms. The average molecular weight is 186 g/mol. The van der Waals surface area contributed by atoms with Crippen molar-refractivity contribution in [3.63, 3.8) is 0 Å². The van der Waals surface area contributed by atoms with Gasteiger partial charge in [-0.3, -0.25) is 4.79 Å². The van der Waals surface area contributed by atoms with Crippen molar-refractivity contribution < 1.29 is 9.53 Å². The molecule has 0 aliphatic rings. The van der Waals surface area contributed by atoms with Gasteiger partial charge in [0.2, 0.25) is 0 Å². The standard InChI is InChI=1S/C7H10N2O2S/c1-2-11-7(10)5-8-6-3-4-12-9-6/h3-4H,2,5H2,1H3,(H,8,9). The molecule has 0 aromatic carbocycles. The minimum absolute atomic E-state index is 0.178. The van der Waals surface area contributed by atoms with E-state index in [1.807, 2.05) is 11.4 Å². The molecule has 1 aromatic rings. The van der Waals surface area contributed by atoms with Gasteiger partial charge in [0.25, 0.3) is 0 Å². The van der Waals surface area contributed by atoms with Crippen LogP contribution in [0.15, 0.2) is 11.4 Å². The summed E-state index contributed by atoms with van der Waals surface area (Å²) in [4.78, 5) is 10.8. The highest BCUT2D eigenvalue weighted by atomic mass is 32.1. The molecule has 1 rings (SSSR count). The van der Waals surface area contributed by atoms with E-state index in [0.29, 0.717) is 12.4 Å². The van der Waals surface area contributed by atoms with Crippen molar-refractivity contribution in [1.29, 1.82) is 0 Å². The lowest BCUT2D eigenvalue weighted by Gasteiger charge is -2.01. The normalized spacial score (nSPS) is 9.42. The van der Waals surface area contributed by atoms with Gasteiger partial charge in [-0.15, -0.1) is 0 Å². The molecular formula is C7H10N2O2S. The summed E-state index contributed by atoms with van der Waals surface area (Å²) in [5, 5.41) is 4.67. The van der Waals surface area contributed by atoms with Crippen molar-refractivity contribution >= 4 is 23.3 Å². The van der Waals surface area contributed by atoms with Crippen molar-refractivity contribution in [1.82, 2.24) is 4.37 Å². The fraction of sp³-hybridized carbons (Fsp3) is 0.429. The second-order valence-corrected chi connectivity index (χ2v) is 2.71. The van der Waals surface area contributed by atoms with Crippen LogP contribution in [0.3, 0.4) is 0 Å². The molecule has 0 amide bonds. The van der Waals surface area contributed by atoms with E-state index < -0.39 is 0 Å². The molecule has 0 radical (unpaired) electrons. The SMILES string of the molecule is CCOC(=O)CNc1ccsn1. The Morgan fingerprint density at radius 1 is 1.83 bits per heavy atom. The Hall–Kier alpha value is -1.10. The van der Waals surface area contributed by atoms with E-state index in [2.05, 4.69) is 9.69 Å². The highest BCUT2D eigenvalue weighted by Gasteiger charge is 2.00. The number of ether oxygens (including phenoxy) is 1. The maximum atomic E-state index is 10.8. The van der Waals surface area contributed by atoms with Gasteiger partial charge in [0, 0.05) is 5.38 Å². The molecule has 0 fully saturated rings. The quantitative estimate of drug-likeness (QED) is 0.716. The first-order chi connectivity index (χ1) is 5.83. The number of hydrogen-bond acceptors (Lipinski definition) is 5. The van der Waals surface area contributed by atoms with Crippen molar-refractivity contribution in [2.45, 2.75) is 6.92 Å². The highest BCUT2D eigenvalue weighted by molar-refractivity contribution is 7.03. The van der Waals surface area contributed by atoms with Gasteiger partial charge >= 0.3 is 5.97 Å². The second kappa shape index (κ2) is 4.71. The molecule has 0 spiro atoms. The topological polar surface area (TPSA) is 51.2 Å². The van der Waals surface area contributed by atoms with Crippen LogP contribution in [-0.4, -0.2) is 23.5 Å². The van der Waals surface area contributed by atoms with Gasteiger partial charge in [0.1, 0.15) is 12.4 Å². The molecule has 1 N–H and O–H groups in total. The summed E-state index contributed by atoms with van der Waals surface area (Å²) in [6.07, 6.45) is 0. The zero-order valence-corrected chi connectivity index (χ0v) is 7.56. The van der Waals surface area contributed by atoms with E-state index >= 15 is 0 Å². The molecular weight excluding hydrogens is 176 g/mol. The van der Waals surface area contributed by atoms with Crippen LogP contribution in [0.5, 0.6) is 0 Å². The molecule has 0 bridgehead atoms. The molecule has 66 valence electrons. The lowest BCUT2D eigenvalue weighted by molar-refractivity contribution is -0.140. The van der Waals surface area contributed by atoms with Crippen LogP contribution < -0.4 is 5.32 Å². The highest BCUT2D eigenvalue weighted by Crippen LogP contribution is 2.04. The zero-order valence-electron chi connectivity index (χ0n) is 6.74. The first-order valence-electron chi connectivity index (χ1n) is 3.63. The summed E-state index contributed by atoms with van der Waals surface area (Å²) in [5.41, 5.74) is 0. The van der Waals surface area contributed by atoms with E-state index in [1.54, 1.807) is 6.92 Å². The Kier molecular flexibility index (Phi) is 3.53. The Morgan fingerprint density at radius 3 is 3.25 bits per heavy atom. The summed E-state index contributed by atoms with van der Waals surface area (Å²) in [6.45, 7) is 2.37. The molecule has 1 heterocycles. The maximum absolute atomic E-state index is 10.8. The van der Waals surface area contributed by atoms with Gasteiger partial charge in [-0.25, -0.2) is 0 Å². The van der Waals surface area contributed by atoms with Crippen LogP contribution in [0, 0.1) is 0 Å². The minimum atomic E-state index is -0.259. The Morgan fingerprint density at radius 2 is 2.67 bits per heavy atom. The van der Waals surface area contributed by atoms with Crippen LogP contribution in [0.4, 0.5) is 5.82 Å². The molecule has 0 saturated carbocycles.